The molecule has 0 aliphatic rings. The van der Waals surface area contributed by atoms with E-state index in [9.17, 15) is 13.2 Å². The van der Waals surface area contributed by atoms with Crippen molar-refractivity contribution in [1.82, 2.24) is 15.2 Å². The topological polar surface area (TPSA) is 76.8 Å². The summed E-state index contributed by atoms with van der Waals surface area (Å²) in [6.07, 6.45) is -2.29. The summed E-state index contributed by atoms with van der Waals surface area (Å²) in [7, 11) is 0. The first kappa shape index (κ1) is 15.0. The zero-order valence-electron chi connectivity index (χ0n) is 10.9. The fourth-order valence-electron chi connectivity index (χ4n) is 1.51. The van der Waals surface area contributed by atoms with Crippen LogP contribution in [-0.4, -0.2) is 28.3 Å². The molecule has 1 aromatic heterocycles. The Labute approximate surface area is 118 Å². The molecule has 0 atom stereocenters. The summed E-state index contributed by atoms with van der Waals surface area (Å²) < 4.78 is 42.4. The molecule has 112 valence electrons. The van der Waals surface area contributed by atoms with Gasteiger partial charge < -0.3 is 10.5 Å². The highest BCUT2D eigenvalue weighted by Gasteiger charge is 2.13. The van der Waals surface area contributed by atoms with Crippen molar-refractivity contribution < 1.29 is 17.9 Å². The molecule has 0 amide bonds. The number of rotatable bonds is 6. The lowest BCUT2D eigenvalue weighted by atomic mass is 10.2. The van der Waals surface area contributed by atoms with E-state index < -0.39 is 12.2 Å². The van der Waals surface area contributed by atoms with Crippen molar-refractivity contribution in [3.05, 3.63) is 42.0 Å². The lowest BCUT2D eigenvalue weighted by molar-refractivity contribution is 0.141. The molecule has 0 saturated heterocycles. The molecule has 0 spiro atoms. The molecule has 3 N–H and O–H groups in total. The van der Waals surface area contributed by atoms with E-state index in [1.165, 1.54) is 0 Å². The molecular formula is C13H13F3N4O. The third-order valence-electron chi connectivity index (χ3n) is 2.66. The first-order valence-corrected chi connectivity index (χ1v) is 6.06. The van der Waals surface area contributed by atoms with Gasteiger partial charge in [-0.3, -0.25) is 5.10 Å². The number of H-pyrrole nitrogens is 1. The van der Waals surface area contributed by atoms with Crippen LogP contribution in [0.3, 0.4) is 0 Å². The number of ether oxygens (including phenoxy) is 1. The molecule has 0 unspecified atom stereocenters. The molecule has 0 saturated carbocycles. The maximum absolute atomic E-state index is 12.4. The molecule has 5 nitrogen and oxygen atoms in total. The Morgan fingerprint density at radius 2 is 2.05 bits per heavy atom. The van der Waals surface area contributed by atoms with E-state index in [0.29, 0.717) is 23.2 Å². The van der Waals surface area contributed by atoms with Gasteiger partial charge in [-0.1, -0.05) is 0 Å². The summed E-state index contributed by atoms with van der Waals surface area (Å²) in [6.45, 7) is 0.116. The van der Waals surface area contributed by atoms with Crippen LogP contribution in [0, 0.1) is 0 Å². The normalized spacial score (nSPS) is 12.0. The molecule has 1 heterocycles. The van der Waals surface area contributed by atoms with Gasteiger partial charge in [0.25, 0.3) is 6.43 Å². The molecule has 0 aliphatic carbocycles. The standard InChI is InChI=1S/C13H13F3N4O/c14-5-8(6-17)7-21-10-3-1-9(2-4-10)12-18-13(11(15)16)20-19-12/h1-5,11H,6-7,17H2,(H,18,19,20)/b8-5+. The fraction of sp³-hybridized carbons (Fsp3) is 0.231. The minimum absolute atomic E-state index is 0.0442. The van der Waals surface area contributed by atoms with E-state index in [0.717, 1.165) is 0 Å². The summed E-state index contributed by atoms with van der Waals surface area (Å²) in [5, 5.41) is 5.87. The van der Waals surface area contributed by atoms with Crippen LogP contribution in [0.1, 0.15) is 12.2 Å². The third kappa shape index (κ3) is 3.82. The molecule has 0 bridgehead atoms. The average molecular weight is 298 g/mol. The Morgan fingerprint density at radius 3 is 2.57 bits per heavy atom. The van der Waals surface area contributed by atoms with Gasteiger partial charge in [0.05, 0.1) is 6.33 Å². The smallest absolute Gasteiger partial charge is 0.296 e. The number of aromatic amines is 1. The zero-order chi connectivity index (χ0) is 15.2. The zero-order valence-corrected chi connectivity index (χ0v) is 10.9. The predicted octanol–water partition coefficient (Wildman–Crippen LogP) is 2.60. The quantitative estimate of drug-likeness (QED) is 0.859. The van der Waals surface area contributed by atoms with Crippen LogP contribution in [0.15, 0.2) is 36.2 Å². The highest BCUT2D eigenvalue weighted by molar-refractivity contribution is 5.55. The minimum Gasteiger partial charge on any atom is -0.489 e. The molecular weight excluding hydrogens is 285 g/mol. The van der Waals surface area contributed by atoms with Gasteiger partial charge in [-0.2, -0.15) is 5.10 Å². The maximum atomic E-state index is 12.4. The Hall–Kier alpha value is -2.35. The first-order chi connectivity index (χ1) is 10.1. The lowest BCUT2D eigenvalue weighted by Crippen LogP contribution is -2.10. The van der Waals surface area contributed by atoms with Crippen LogP contribution in [0.2, 0.25) is 0 Å². The molecule has 0 aliphatic heterocycles. The Bertz CT molecular complexity index is 610. The van der Waals surface area contributed by atoms with E-state index in [2.05, 4.69) is 15.2 Å². The number of nitrogens with zero attached hydrogens (tertiary/aromatic N) is 2. The number of hydrogen-bond donors (Lipinski definition) is 2. The number of halogens is 3. The van der Waals surface area contributed by atoms with Crippen molar-refractivity contribution in [1.29, 1.82) is 0 Å². The SMILES string of the molecule is NC/C(=C\F)COc1ccc(-c2n[nH]c(C(F)F)n2)cc1. The number of aromatic nitrogens is 3. The maximum Gasteiger partial charge on any atom is 0.296 e. The number of alkyl halides is 2. The largest absolute Gasteiger partial charge is 0.489 e. The second-order valence-corrected chi connectivity index (χ2v) is 4.13. The molecule has 21 heavy (non-hydrogen) atoms. The molecule has 2 aromatic rings. The van der Waals surface area contributed by atoms with Gasteiger partial charge in [-0.25, -0.2) is 18.2 Å². The van der Waals surface area contributed by atoms with E-state index in [1.807, 2.05) is 0 Å². The van der Waals surface area contributed by atoms with E-state index >= 15 is 0 Å². The van der Waals surface area contributed by atoms with Crippen molar-refractivity contribution in [3.63, 3.8) is 0 Å². The van der Waals surface area contributed by atoms with Crippen molar-refractivity contribution >= 4 is 0 Å². The van der Waals surface area contributed by atoms with Gasteiger partial charge in [-0.15, -0.1) is 0 Å². The van der Waals surface area contributed by atoms with Gasteiger partial charge in [0.2, 0.25) is 0 Å². The van der Waals surface area contributed by atoms with Crippen LogP contribution in [-0.2, 0) is 0 Å². The summed E-state index contributed by atoms with van der Waals surface area (Å²) in [4.78, 5) is 3.68. The second-order valence-electron chi connectivity index (χ2n) is 4.13. The number of nitrogens with two attached hydrogens (primary N) is 1. The molecule has 0 radical (unpaired) electrons. The van der Waals surface area contributed by atoms with E-state index in [-0.39, 0.29) is 19.0 Å². The number of hydrogen-bond acceptors (Lipinski definition) is 4. The Balaban J connectivity index is 2.04. The van der Waals surface area contributed by atoms with Crippen LogP contribution in [0.5, 0.6) is 5.75 Å². The van der Waals surface area contributed by atoms with Gasteiger partial charge in [0.1, 0.15) is 12.4 Å². The summed E-state index contributed by atoms with van der Waals surface area (Å²) in [5.41, 5.74) is 6.19. The third-order valence-corrected chi connectivity index (χ3v) is 2.66. The average Bonchev–Trinajstić information content (AvgIpc) is 2.99. The summed E-state index contributed by atoms with van der Waals surface area (Å²) >= 11 is 0. The molecule has 0 fully saturated rings. The number of nitrogens with one attached hydrogen (secondary N) is 1. The lowest BCUT2D eigenvalue weighted by Gasteiger charge is -2.07. The molecule has 1 aromatic carbocycles. The molecule has 2 rings (SSSR count). The molecule has 8 heteroatoms. The van der Waals surface area contributed by atoms with Gasteiger partial charge in [0, 0.05) is 17.7 Å². The van der Waals surface area contributed by atoms with Gasteiger partial charge in [-0.05, 0) is 24.3 Å². The summed E-state index contributed by atoms with van der Waals surface area (Å²) in [5.74, 6) is 0.185. The number of benzene rings is 1. The van der Waals surface area contributed by atoms with Crippen LogP contribution in [0.25, 0.3) is 11.4 Å². The van der Waals surface area contributed by atoms with Gasteiger partial charge >= 0.3 is 0 Å². The summed E-state index contributed by atoms with van der Waals surface area (Å²) in [6, 6.07) is 6.46. The van der Waals surface area contributed by atoms with Crippen molar-refractivity contribution in [2.24, 2.45) is 5.73 Å². The van der Waals surface area contributed by atoms with E-state index in [4.69, 9.17) is 10.5 Å². The second kappa shape index (κ2) is 6.89. The first-order valence-electron chi connectivity index (χ1n) is 6.06. The Morgan fingerprint density at radius 1 is 1.33 bits per heavy atom. The Kier molecular flexibility index (Phi) is 4.94. The highest BCUT2D eigenvalue weighted by Crippen LogP contribution is 2.22. The highest BCUT2D eigenvalue weighted by atomic mass is 19.3. The van der Waals surface area contributed by atoms with Gasteiger partial charge in [0.15, 0.2) is 11.6 Å². The minimum atomic E-state index is -2.70. The van der Waals surface area contributed by atoms with Crippen molar-refractivity contribution in [2.45, 2.75) is 6.43 Å². The van der Waals surface area contributed by atoms with Crippen LogP contribution >= 0.6 is 0 Å². The predicted molar refractivity (Wildman–Crippen MR) is 70.5 cm³/mol. The van der Waals surface area contributed by atoms with Crippen molar-refractivity contribution in [3.8, 4) is 17.1 Å². The monoisotopic (exact) mass is 298 g/mol. The van der Waals surface area contributed by atoms with Crippen molar-refractivity contribution in [2.75, 3.05) is 13.2 Å². The van der Waals surface area contributed by atoms with Crippen LogP contribution in [0.4, 0.5) is 13.2 Å². The van der Waals surface area contributed by atoms with Crippen LogP contribution < -0.4 is 10.5 Å². The fourth-order valence-corrected chi connectivity index (χ4v) is 1.51. The van der Waals surface area contributed by atoms with E-state index in [1.54, 1.807) is 24.3 Å².